The molecule has 1 aromatic heterocycles. The van der Waals surface area contributed by atoms with Gasteiger partial charge in [-0.25, -0.2) is 9.59 Å². The molecule has 0 amide bonds. The van der Waals surface area contributed by atoms with Gasteiger partial charge in [-0.3, -0.25) is 4.98 Å². The van der Waals surface area contributed by atoms with E-state index in [1.54, 1.807) is 6.20 Å². The highest BCUT2D eigenvalue weighted by atomic mass is 28.3. The molecule has 0 aliphatic carbocycles. The normalized spacial score (nSPS) is 15.7. The molecule has 0 bridgehead atoms. The van der Waals surface area contributed by atoms with Crippen LogP contribution in [0.25, 0.3) is 0 Å². The summed E-state index contributed by atoms with van der Waals surface area (Å²) in [5.41, 5.74) is 2.79. The highest BCUT2D eigenvalue weighted by molar-refractivity contribution is 6.76. The van der Waals surface area contributed by atoms with Crippen LogP contribution in [0, 0.1) is 0 Å². The molecular weight excluding hydrogens is 412 g/mol. The zero-order chi connectivity index (χ0) is 22.7. The SMILES string of the molecule is CC1=C(C(=O)OC[Si](C)(C)C)C(c2ccccn2)C(C(=O)OC[Si](C)(C)C)=C(C)N1. The summed E-state index contributed by atoms with van der Waals surface area (Å²) < 4.78 is 11.3. The number of pyridine rings is 1. The van der Waals surface area contributed by atoms with E-state index in [-0.39, 0.29) is 0 Å². The molecular formula is C22H34N2O4Si2. The third kappa shape index (κ3) is 6.40. The molecule has 0 saturated heterocycles. The van der Waals surface area contributed by atoms with Crippen LogP contribution in [0.2, 0.25) is 39.3 Å². The second kappa shape index (κ2) is 9.30. The number of dihydropyridines is 1. The van der Waals surface area contributed by atoms with Gasteiger partial charge in [0.25, 0.3) is 0 Å². The Labute approximate surface area is 181 Å². The molecule has 8 heteroatoms. The number of carbonyl (C=O) groups excluding carboxylic acids is 2. The molecule has 0 saturated carbocycles. The summed E-state index contributed by atoms with van der Waals surface area (Å²) in [6.45, 7) is 16.5. The first-order chi connectivity index (χ1) is 13.8. The molecule has 0 aromatic carbocycles. The van der Waals surface area contributed by atoms with Crippen molar-refractivity contribution in [1.82, 2.24) is 10.3 Å². The van der Waals surface area contributed by atoms with Crippen molar-refractivity contribution in [2.24, 2.45) is 0 Å². The largest absolute Gasteiger partial charge is 0.466 e. The molecule has 0 radical (unpaired) electrons. The van der Waals surface area contributed by atoms with E-state index in [1.165, 1.54) is 0 Å². The highest BCUT2D eigenvalue weighted by Gasteiger charge is 2.39. The van der Waals surface area contributed by atoms with E-state index in [0.717, 1.165) is 0 Å². The number of hydrogen-bond acceptors (Lipinski definition) is 6. The van der Waals surface area contributed by atoms with Crippen molar-refractivity contribution in [1.29, 1.82) is 0 Å². The summed E-state index contributed by atoms with van der Waals surface area (Å²) >= 11 is 0. The third-order valence-electron chi connectivity index (χ3n) is 4.46. The summed E-state index contributed by atoms with van der Waals surface area (Å²) in [5, 5.41) is 3.19. The van der Waals surface area contributed by atoms with E-state index in [4.69, 9.17) is 9.47 Å². The molecule has 0 unspecified atom stereocenters. The van der Waals surface area contributed by atoms with Crippen LogP contribution in [0.1, 0.15) is 25.5 Å². The van der Waals surface area contributed by atoms with E-state index in [1.807, 2.05) is 32.0 Å². The molecule has 6 nitrogen and oxygen atoms in total. The van der Waals surface area contributed by atoms with Gasteiger partial charge in [-0.2, -0.15) is 0 Å². The van der Waals surface area contributed by atoms with Crippen LogP contribution in [0.5, 0.6) is 0 Å². The monoisotopic (exact) mass is 446 g/mol. The minimum Gasteiger partial charge on any atom is -0.466 e. The van der Waals surface area contributed by atoms with Crippen LogP contribution >= 0.6 is 0 Å². The average Bonchev–Trinajstić information content (AvgIpc) is 2.63. The second-order valence-corrected chi connectivity index (χ2v) is 21.0. The fourth-order valence-corrected chi connectivity index (χ4v) is 4.23. The Kier molecular flexibility index (Phi) is 7.46. The lowest BCUT2D eigenvalue weighted by molar-refractivity contribution is -0.138. The summed E-state index contributed by atoms with van der Waals surface area (Å²) in [7, 11) is -3.19. The van der Waals surface area contributed by atoms with Crippen molar-refractivity contribution in [3.05, 3.63) is 52.6 Å². The minimum atomic E-state index is -1.59. The maximum absolute atomic E-state index is 13.1. The molecule has 1 aliphatic rings. The Hall–Kier alpha value is -2.20. The number of allylic oxidation sites excluding steroid dienone is 2. The fourth-order valence-electron chi connectivity index (χ4n) is 3.10. The van der Waals surface area contributed by atoms with Crippen molar-refractivity contribution < 1.29 is 19.1 Å². The Morgan fingerprint density at radius 2 is 1.37 bits per heavy atom. The van der Waals surface area contributed by atoms with Crippen molar-refractivity contribution in [3.8, 4) is 0 Å². The van der Waals surface area contributed by atoms with Gasteiger partial charge in [0, 0.05) is 17.6 Å². The first-order valence-corrected chi connectivity index (χ1v) is 17.7. The Morgan fingerprint density at radius 3 is 1.73 bits per heavy atom. The fraction of sp³-hybridized carbons (Fsp3) is 0.500. The molecule has 1 aromatic rings. The Balaban J connectivity index is 2.47. The van der Waals surface area contributed by atoms with Crippen molar-refractivity contribution in [2.45, 2.75) is 59.0 Å². The molecule has 0 fully saturated rings. The van der Waals surface area contributed by atoms with Gasteiger partial charge in [0.05, 0.1) is 51.4 Å². The molecule has 30 heavy (non-hydrogen) atoms. The lowest BCUT2D eigenvalue weighted by Crippen LogP contribution is -2.37. The van der Waals surface area contributed by atoms with Crippen LogP contribution in [0.4, 0.5) is 0 Å². The highest BCUT2D eigenvalue weighted by Crippen LogP contribution is 2.38. The lowest BCUT2D eigenvalue weighted by atomic mass is 9.83. The maximum atomic E-state index is 13.1. The van der Waals surface area contributed by atoms with Gasteiger partial charge in [0.2, 0.25) is 0 Å². The number of aromatic nitrogens is 1. The number of ether oxygens (including phenoxy) is 2. The van der Waals surface area contributed by atoms with Gasteiger partial charge in [-0.1, -0.05) is 45.3 Å². The maximum Gasteiger partial charge on any atom is 0.336 e. The quantitative estimate of drug-likeness (QED) is 0.501. The van der Waals surface area contributed by atoms with E-state index < -0.39 is 34.0 Å². The molecule has 2 rings (SSSR count). The van der Waals surface area contributed by atoms with Crippen LogP contribution in [-0.2, 0) is 19.1 Å². The summed E-state index contributed by atoms with van der Waals surface area (Å²) in [4.78, 5) is 30.7. The number of carbonyl (C=O) groups is 2. The second-order valence-electron chi connectivity index (χ2n) is 10.2. The van der Waals surface area contributed by atoms with Crippen LogP contribution in [0.3, 0.4) is 0 Å². The first-order valence-electron chi connectivity index (χ1n) is 10.2. The van der Waals surface area contributed by atoms with Gasteiger partial charge in [0.15, 0.2) is 0 Å². The van der Waals surface area contributed by atoms with Gasteiger partial charge < -0.3 is 14.8 Å². The van der Waals surface area contributed by atoms with E-state index in [2.05, 4.69) is 49.6 Å². The number of nitrogens with zero attached hydrogens (tertiary/aromatic N) is 1. The smallest absolute Gasteiger partial charge is 0.336 e. The summed E-state index contributed by atoms with van der Waals surface area (Å²) in [5.74, 6) is -1.46. The molecule has 164 valence electrons. The van der Waals surface area contributed by atoms with Crippen molar-refractivity contribution in [3.63, 3.8) is 0 Å². The topological polar surface area (TPSA) is 77.5 Å². The minimum absolute atomic E-state index is 0.412. The average molecular weight is 447 g/mol. The Morgan fingerprint density at radius 1 is 0.900 bits per heavy atom. The molecule has 1 aliphatic heterocycles. The zero-order valence-electron chi connectivity index (χ0n) is 19.4. The van der Waals surface area contributed by atoms with Gasteiger partial charge in [-0.15, -0.1) is 0 Å². The molecule has 1 N–H and O–H groups in total. The van der Waals surface area contributed by atoms with Crippen LogP contribution < -0.4 is 5.32 Å². The number of hydrogen-bond donors (Lipinski definition) is 1. The molecule has 0 spiro atoms. The zero-order valence-corrected chi connectivity index (χ0v) is 21.4. The van der Waals surface area contributed by atoms with E-state index >= 15 is 0 Å². The van der Waals surface area contributed by atoms with E-state index in [0.29, 0.717) is 40.7 Å². The molecule has 2 heterocycles. The predicted octanol–water partition coefficient (Wildman–Crippen LogP) is 4.16. The Bertz CT molecular complexity index is 813. The van der Waals surface area contributed by atoms with E-state index in [9.17, 15) is 9.59 Å². The lowest BCUT2D eigenvalue weighted by Gasteiger charge is -2.30. The van der Waals surface area contributed by atoms with Gasteiger partial charge >= 0.3 is 11.9 Å². The summed E-state index contributed by atoms with van der Waals surface area (Å²) in [6, 6.07) is 5.49. The number of nitrogens with one attached hydrogen (secondary N) is 1. The van der Waals surface area contributed by atoms with Crippen LogP contribution in [-0.4, -0.2) is 45.5 Å². The van der Waals surface area contributed by atoms with Gasteiger partial charge in [-0.05, 0) is 26.0 Å². The predicted molar refractivity (Wildman–Crippen MR) is 124 cm³/mol. The van der Waals surface area contributed by atoms with Crippen LogP contribution in [0.15, 0.2) is 46.9 Å². The third-order valence-corrected chi connectivity index (χ3v) is 6.48. The standard InChI is InChI=1S/C22H34N2O4Si2/c1-15-18(21(25)27-13-29(3,4)5)20(17-11-9-10-12-23-17)19(16(2)24-15)22(26)28-14-30(6,7)8/h9-12,20,24H,13-14H2,1-8H3. The number of esters is 2. The van der Waals surface area contributed by atoms with Gasteiger partial charge in [0.1, 0.15) is 0 Å². The van der Waals surface area contributed by atoms with Crippen molar-refractivity contribution in [2.75, 3.05) is 12.5 Å². The number of rotatable bonds is 7. The summed E-state index contributed by atoms with van der Waals surface area (Å²) in [6.07, 6.45) is 2.49. The molecule has 0 atom stereocenters. The first kappa shape index (κ1) is 24.1. The van der Waals surface area contributed by atoms with Crippen molar-refractivity contribution >= 4 is 28.1 Å².